The number of nitrogens with zero attached hydrogens (tertiary/aromatic N) is 3. The van der Waals surface area contributed by atoms with Gasteiger partial charge in [-0.25, -0.2) is 9.20 Å². The van der Waals surface area contributed by atoms with Crippen LogP contribution < -0.4 is 11.2 Å². The van der Waals surface area contributed by atoms with Crippen LogP contribution in [-0.2, 0) is 0 Å². The van der Waals surface area contributed by atoms with Gasteiger partial charge in [0, 0.05) is 6.20 Å². The molecule has 4 rings (SSSR count). The highest BCUT2D eigenvalue weighted by atomic mass is 16.2. The molecule has 2 aromatic heterocycles. The molecule has 6 nitrogen and oxygen atoms in total. The van der Waals surface area contributed by atoms with Gasteiger partial charge < -0.3 is 4.98 Å². The molecule has 0 aliphatic carbocycles. The molecule has 112 valence electrons. The van der Waals surface area contributed by atoms with Crippen molar-refractivity contribution in [2.75, 3.05) is 0 Å². The summed E-state index contributed by atoms with van der Waals surface area (Å²) in [6, 6.07) is 18.4. The molecule has 0 atom stereocenters. The van der Waals surface area contributed by atoms with E-state index in [0.717, 1.165) is 5.56 Å². The highest BCUT2D eigenvalue weighted by molar-refractivity contribution is 5.59. The number of nitrogens with one attached hydrogen (secondary N) is 1. The van der Waals surface area contributed by atoms with E-state index < -0.39 is 5.56 Å². The number of hydrogen-bond acceptors (Lipinski definition) is 3. The van der Waals surface area contributed by atoms with Gasteiger partial charge >= 0.3 is 5.69 Å². The van der Waals surface area contributed by atoms with E-state index in [1.54, 1.807) is 18.3 Å². The van der Waals surface area contributed by atoms with Gasteiger partial charge in [-0.15, -0.1) is 5.10 Å². The number of rotatable bonds is 2. The lowest BCUT2D eigenvalue weighted by molar-refractivity contribution is 0.838. The maximum Gasteiger partial charge on any atom is 0.355 e. The summed E-state index contributed by atoms with van der Waals surface area (Å²) in [4.78, 5) is 27.6. The molecule has 2 heterocycles. The summed E-state index contributed by atoms with van der Waals surface area (Å²) in [5, 5.41) is 4.14. The molecule has 6 heteroatoms. The fourth-order valence-corrected chi connectivity index (χ4v) is 2.49. The van der Waals surface area contributed by atoms with Crippen molar-refractivity contribution in [2.24, 2.45) is 0 Å². The van der Waals surface area contributed by atoms with Gasteiger partial charge in [0.05, 0.1) is 11.4 Å². The Labute approximate surface area is 130 Å². The average Bonchev–Trinajstić information content (AvgIpc) is 2.94. The maximum atomic E-state index is 12.6. The van der Waals surface area contributed by atoms with Crippen molar-refractivity contribution in [3.63, 3.8) is 0 Å². The second kappa shape index (κ2) is 5.10. The van der Waals surface area contributed by atoms with Crippen LogP contribution in [0.1, 0.15) is 0 Å². The average molecular weight is 304 g/mol. The molecular formula is C17H12N4O2. The van der Waals surface area contributed by atoms with Crippen molar-refractivity contribution in [2.45, 2.75) is 0 Å². The van der Waals surface area contributed by atoms with Gasteiger partial charge in [0.25, 0.3) is 5.56 Å². The zero-order chi connectivity index (χ0) is 15.8. The maximum absolute atomic E-state index is 12.6. The molecule has 0 fully saturated rings. The normalized spacial score (nSPS) is 11.0. The second-order valence-corrected chi connectivity index (χ2v) is 5.09. The van der Waals surface area contributed by atoms with Gasteiger partial charge in [0.15, 0.2) is 0 Å². The van der Waals surface area contributed by atoms with Crippen LogP contribution in [0.5, 0.6) is 0 Å². The Morgan fingerprint density at radius 2 is 1.52 bits per heavy atom. The van der Waals surface area contributed by atoms with Crippen LogP contribution in [0.2, 0.25) is 0 Å². The summed E-state index contributed by atoms with van der Waals surface area (Å²) in [6.07, 6.45) is 1.60. The molecule has 0 spiro atoms. The molecule has 0 amide bonds. The van der Waals surface area contributed by atoms with Crippen molar-refractivity contribution in [1.29, 1.82) is 0 Å². The molecule has 0 bridgehead atoms. The van der Waals surface area contributed by atoms with Gasteiger partial charge in [0.1, 0.15) is 0 Å². The molecular weight excluding hydrogens is 292 g/mol. The first kappa shape index (κ1) is 13.3. The summed E-state index contributed by atoms with van der Waals surface area (Å²) in [5.41, 5.74) is 1.29. The fourth-order valence-electron chi connectivity index (χ4n) is 2.49. The highest BCUT2D eigenvalue weighted by Crippen LogP contribution is 2.14. The van der Waals surface area contributed by atoms with Crippen molar-refractivity contribution in [3.8, 4) is 16.9 Å². The van der Waals surface area contributed by atoms with Crippen LogP contribution in [0.15, 0.2) is 76.4 Å². The van der Waals surface area contributed by atoms with E-state index in [9.17, 15) is 9.59 Å². The Kier molecular flexibility index (Phi) is 2.94. The predicted molar refractivity (Wildman–Crippen MR) is 86.8 cm³/mol. The van der Waals surface area contributed by atoms with Crippen molar-refractivity contribution < 1.29 is 0 Å². The molecule has 4 aromatic rings. The summed E-state index contributed by atoms with van der Waals surface area (Å²) in [7, 11) is 0. The molecule has 2 aromatic carbocycles. The molecule has 1 N–H and O–H groups in total. The second-order valence-electron chi connectivity index (χ2n) is 5.09. The van der Waals surface area contributed by atoms with Crippen molar-refractivity contribution in [3.05, 3.63) is 87.7 Å². The zero-order valence-electron chi connectivity index (χ0n) is 12.0. The van der Waals surface area contributed by atoms with E-state index in [4.69, 9.17) is 0 Å². The number of para-hydroxylation sites is 1. The Morgan fingerprint density at radius 1 is 0.870 bits per heavy atom. The Balaban J connectivity index is 1.99. The first-order chi connectivity index (χ1) is 11.2. The topological polar surface area (TPSA) is 72.2 Å². The standard InChI is InChI=1S/C17H12N4O2/c22-16-15-19-21(13-9-5-2-6-10-13)17(23)20(15)11-14(18-16)12-7-3-1-4-8-12/h1-11H,(H,18,22). The smallest absolute Gasteiger partial charge is 0.317 e. The molecule has 0 saturated heterocycles. The molecule has 0 aliphatic heterocycles. The lowest BCUT2D eigenvalue weighted by Crippen LogP contribution is -2.21. The minimum absolute atomic E-state index is 0.0681. The van der Waals surface area contributed by atoms with Gasteiger partial charge in [-0.05, 0) is 17.7 Å². The van der Waals surface area contributed by atoms with E-state index in [1.165, 1.54) is 9.08 Å². The quantitative estimate of drug-likeness (QED) is 0.614. The lowest BCUT2D eigenvalue weighted by Gasteiger charge is -2.01. The van der Waals surface area contributed by atoms with E-state index in [-0.39, 0.29) is 11.3 Å². The predicted octanol–water partition coefficient (Wildman–Crippen LogP) is 1.84. The van der Waals surface area contributed by atoms with Gasteiger partial charge in [-0.3, -0.25) is 4.79 Å². The summed E-state index contributed by atoms with van der Waals surface area (Å²) in [6.45, 7) is 0. The Hall–Kier alpha value is -3.41. The number of fused-ring (bicyclic) bond motifs is 1. The first-order valence-electron chi connectivity index (χ1n) is 7.09. The molecule has 0 radical (unpaired) electrons. The van der Waals surface area contributed by atoms with E-state index in [0.29, 0.717) is 11.4 Å². The number of benzene rings is 2. The largest absolute Gasteiger partial charge is 0.355 e. The van der Waals surface area contributed by atoms with E-state index in [1.807, 2.05) is 48.5 Å². The van der Waals surface area contributed by atoms with Crippen molar-refractivity contribution in [1.82, 2.24) is 19.2 Å². The zero-order valence-corrected chi connectivity index (χ0v) is 12.0. The molecule has 23 heavy (non-hydrogen) atoms. The third kappa shape index (κ3) is 2.17. The number of aromatic nitrogens is 4. The fraction of sp³-hybridized carbons (Fsp3) is 0. The van der Waals surface area contributed by atoms with Crippen LogP contribution in [-0.4, -0.2) is 19.2 Å². The van der Waals surface area contributed by atoms with Gasteiger partial charge in [0.2, 0.25) is 5.65 Å². The minimum Gasteiger partial charge on any atom is -0.317 e. The van der Waals surface area contributed by atoms with Crippen molar-refractivity contribution >= 4 is 5.65 Å². The summed E-state index contributed by atoms with van der Waals surface area (Å²) in [5.74, 6) is 0. The van der Waals surface area contributed by atoms with Crippen LogP contribution >= 0.6 is 0 Å². The van der Waals surface area contributed by atoms with E-state index in [2.05, 4.69) is 10.1 Å². The molecule has 0 saturated carbocycles. The van der Waals surface area contributed by atoms with E-state index >= 15 is 0 Å². The monoisotopic (exact) mass is 304 g/mol. The summed E-state index contributed by atoms with van der Waals surface area (Å²) >= 11 is 0. The third-order valence-corrected chi connectivity index (χ3v) is 3.61. The minimum atomic E-state index is -0.405. The Morgan fingerprint density at radius 3 is 2.22 bits per heavy atom. The van der Waals surface area contributed by atoms with Crippen LogP contribution in [0.4, 0.5) is 0 Å². The van der Waals surface area contributed by atoms with Crippen LogP contribution in [0.3, 0.4) is 0 Å². The Bertz CT molecular complexity index is 1090. The highest BCUT2D eigenvalue weighted by Gasteiger charge is 2.13. The SMILES string of the molecule is O=c1[nH]c(-c2ccccc2)cn2c(=O)n(-c3ccccc3)nc12. The molecule has 0 unspecified atom stereocenters. The number of aromatic amines is 1. The van der Waals surface area contributed by atoms with Gasteiger partial charge in [-0.1, -0.05) is 48.5 Å². The lowest BCUT2D eigenvalue weighted by atomic mass is 10.2. The number of hydrogen-bond donors (Lipinski definition) is 1. The van der Waals surface area contributed by atoms with Crippen LogP contribution in [0, 0.1) is 0 Å². The third-order valence-electron chi connectivity index (χ3n) is 3.61. The first-order valence-corrected chi connectivity index (χ1v) is 7.09. The van der Waals surface area contributed by atoms with Gasteiger partial charge in [-0.2, -0.15) is 4.68 Å². The summed E-state index contributed by atoms with van der Waals surface area (Å²) < 4.78 is 2.49. The number of H-pyrrole nitrogens is 1. The molecule has 0 aliphatic rings. The van der Waals surface area contributed by atoms with Crippen LogP contribution in [0.25, 0.3) is 22.6 Å².